The Morgan fingerprint density at radius 2 is 2.42 bits per heavy atom. The maximum absolute atomic E-state index is 12.3. The van der Waals surface area contributed by atoms with Gasteiger partial charge in [-0.2, -0.15) is 4.98 Å². The van der Waals surface area contributed by atoms with Crippen LogP contribution in [0.3, 0.4) is 0 Å². The minimum Gasteiger partial charge on any atom is -0.342 e. The van der Waals surface area contributed by atoms with Crippen molar-refractivity contribution in [1.82, 2.24) is 20.0 Å². The summed E-state index contributed by atoms with van der Waals surface area (Å²) in [6, 6.07) is 3.74. The first kappa shape index (κ1) is 15.3. The molecule has 0 radical (unpaired) electrons. The van der Waals surface area contributed by atoms with E-state index in [0.717, 1.165) is 31.0 Å². The van der Waals surface area contributed by atoms with Crippen LogP contribution in [0.4, 0.5) is 0 Å². The van der Waals surface area contributed by atoms with Crippen molar-refractivity contribution in [1.29, 1.82) is 0 Å². The molecule has 6 nitrogen and oxygen atoms in total. The summed E-state index contributed by atoms with van der Waals surface area (Å²) in [7, 11) is 0. The second-order valence-electron chi connectivity index (χ2n) is 7.00. The van der Waals surface area contributed by atoms with Crippen LogP contribution in [0.5, 0.6) is 0 Å². The third-order valence-corrected chi connectivity index (χ3v) is 5.53. The van der Waals surface area contributed by atoms with E-state index in [4.69, 9.17) is 4.52 Å². The molecule has 6 heteroatoms. The molecule has 2 aromatic rings. The maximum atomic E-state index is 12.3. The van der Waals surface area contributed by atoms with Gasteiger partial charge in [-0.25, -0.2) is 0 Å². The zero-order valence-electron chi connectivity index (χ0n) is 13.9. The summed E-state index contributed by atoms with van der Waals surface area (Å²) < 4.78 is 5.27. The third-order valence-electron chi connectivity index (χ3n) is 5.53. The van der Waals surface area contributed by atoms with Gasteiger partial charge in [0, 0.05) is 43.9 Å². The van der Waals surface area contributed by atoms with Gasteiger partial charge in [0.2, 0.25) is 17.6 Å². The fourth-order valence-electron chi connectivity index (χ4n) is 3.85. The smallest absolute Gasteiger partial charge is 0.226 e. The van der Waals surface area contributed by atoms with Gasteiger partial charge < -0.3 is 9.42 Å². The van der Waals surface area contributed by atoms with E-state index in [1.165, 1.54) is 12.8 Å². The molecule has 4 rings (SSSR count). The molecule has 0 N–H and O–H groups in total. The fraction of sp³-hybridized carbons (Fsp3) is 0.556. The first-order chi connectivity index (χ1) is 11.7. The van der Waals surface area contributed by atoms with E-state index in [-0.39, 0.29) is 5.91 Å². The van der Waals surface area contributed by atoms with E-state index in [1.54, 1.807) is 12.4 Å². The van der Waals surface area contributed by atoms with Crippen LogP contribution in [-0.4, -0.2) is 39.0 Å². The van der Waals surface area contributed by atoms with E-state index in [0.29, 0.717) is 30.0 Å². The van der Waals surface area contributed by atoms with Crippen molar-refractivity contribution >= 4 is 5.91 Å². The predicted octanol–water partition coefficient (Wildman–Crippen LogP) is 2.71. The van der Waals surface area contributed by atoms with Crippen LogP contribution >= 0.6 is 0 Å². The number of fused-ring (bicyclic) bond motifs is 1. The number of piperidine rings is 1. The SMILES string of the molecule is CCC12CC1CN(C(=O)CCCc1nc(-c3cccnc3)no1)C2. The Morgan fingerprint density at radius 3 is 3.17 bits per heavy atom. The number of aromatic nitrogens is 3. The third kappa shape index (κ3) is 2.81. The Hall–Kier alpha value is -2.24. The Balaban J connectivity index is 1.26. The Labute approximate surface area is 141 Å². The number of amides is 1. The molecule has 3 heterocycles. The number of pyridine rings is 1. The molecule has 1 saturated heterocycles. The number of hydrogen-bond donors (Lipinski definition) is 0. The van der Waals surface area contributed by atoms with Gasteiger partial charge in [0.1, 0.15) is 0 Å². The molecule has 24 heavy (non-hydrogen) atoms. The lowest BCUT2D eigenvalue weighted by atomic mass is 10.0. The molecule has 2 fully saturated rings. The molecule has 1 saturated carbocycles. The van der Waals surface area contributed by atoms with E-state index >= 15 is 0 Å². The minimum atomic E-state index is 0.266. The number of carbonyl (C=O) groups is 1. The van der Waals surface area contributed by atoms with Crippen molar-refractivity contribution in [3.8, 4) is 11.4 Å². The number of rotatable bonds is 6. The molecule has 126 valence electrons. The first-order valence-electron chi connectivity index (χ1n) is 8.71. The number of carbonyl (C=O) groups excluding carboxylic acids is 1. The van der Waals surface area contributed by atoms with Crippen LogP contribution in [0, 0.1) is 11.3 Å². The predicted molar refractivity (Wildman–Crippen MR) is 87.9 cm³/mol. The standard InChI is InChI=1S/C18H22N4O2/c1-2-18-9-14(18)11-22(12-18)16(23)7-3-6-15-20-17(21-24-15)13-5-4-8-19-10-13/h4-5,8,10,14H,2-3,6-7,9,11-12H2,1H3. The second kappa shape index (κ2) is 6.00. The number of likely N-dealkylation sites (tertiary alicyclic amines) is 1. The summed E-state index contributed by atoms with van der Waals surface area (Å²) in [5.74, 6) is 2.15. The fourth-order valence-corrected chi connectivity index (χ4v) is 3.85. The number of aryl methyl sites for hydroxylation is 1. The van der Waals surface area contributed by atoms with Crippen molar-refractivity contribution < 1.29 is 9.32 Å². The zero-order chi connectivity index (χ0) is 16.6. The lowest BCUT2D eigenvalue weighted by molar-refractivity contribution is -0.131. The van der Waals surface area contributed by atoms with E-state index in [9.17, 15) is 4.79 Å². The summed E-state index contributed by atoms with van der Waals surface area (Å²) in [4.78, 5) is 22.8. The van der Waals surface area contributed by atoms with Crippen LogP contribution in [0.15, 0.2) is 29.0 Å². The van der Waals surface area contributed by atoms with Gasteiger partial charge in [-0.3, -0.25) is 9.78 Å². The van der Waals surface area contributed by atoms with E-state index < -0.39 is 0 Å². The van der Waals surface area contributed by atoms with E-state index in [2.05, 4.69) is 22.0 Å². The molecule has 0 aromatic carbocycles. The van der Waals surface area contributed by atoms with Gasteiger partial charge in [0.25, 0.3) is 0 Å². The van der Waals surface area contributed by atoms with Crippen molar-refractivity contribution in [2.24, 2.45) is 11.3 Å². The molecular weight excluding hydrogens is 304 g/mol. The Bertz CT molecular complexity index is 726. The van der Waals surface area contributed by atoms with Gasteiger partial charge >= 0.3 is 0 Å². The topological polar surface area (TPSA) is 72.1 Å². The van der Waals surface area contributed by atoms with Crippen LogP contribution in [0.25, 0.3) is 11.4 Å². The summed E-state index contributed by atoms with van der Waals surface area (Å²) in [6.07, 6.45) is 7.86. The van der Waals surface area contributed by atoms with Crippen LogP contribution < -0.4 is 0 Å². The molecule has 0 spiro atoms. The summed E-state index contributed by atoms with van der Waals surface area (Å²) in [6.45, 7) is 4.15. The van der Waals surface area contributed by atoms with Gasteiger partial charge in [-0.1, -0.05) is 12.1 Å². The average Bonchev–Trinajstić information content (AvgIpc) is 2.98. The molecule has 2 aromatic heterocycles. The monoisotopic (exact) mass is 326 g/mol. The first-order valence-corrected chi connectivity index (χ1v) is 8.71. The van der Waals surface area contributed by atoms with Gasteiger partial charge in [0.15, 0.2) is 0 Å². The molecule has 1 aliphatic carbocycles. The Morgan fingerprint density at radius 1 is 1.50 bits per heavy atom. The highest BCUT2D eigenvalue weighted by Gasteiger charge is 2.59. The van der Waals surface area contributed by atoms with Gasteiger partial charge in [-0.05, 0) is 42.7 Å². The molecule has 1 amide bonds. The highest BCUT2D eigenvalue weighted by Crippen LogP contribution is 2.59. The second-order valence-corrected chi connectivity index (χ2v) is 7.00. The van der Waals surface area contributed by atoms with Crippen LogP contribution in [0.2, 0.25) is 0 Å². The Kier molecular flexibility index (Phi) is 3.82. The maximum Gasteiger partial charge on any atom is 0.226 e. The molecule has 2 atom stereocenters. The number of nitrogens with zero attached hydrogens (tertiary/aromatic N) is 4. The molecule has 2 aliphatic rings. The van der Waals surface area contributed by atoms with Gasteiger partial charge in [0.05, 0.1) is 0 Å². The highest BCUT2D eigenvalue weighted by molar-refractivity contribution is 5.76. The minimum absolute atomic E-state index is 0.266. The summed E-state index contributed by atoms with van der Waals surface area (Å²) in [5, 5.41) is 3.98. The van der Waals surface area contributed by atoms with Crippen LogP contribution in [-0.2, 0) is 11.2 Å². The van der Waals surface area contributed by atoms with Crippen molar-refractivity contribution in [3.63, 3.8) is 0 Å². The molecule has 1 aliphatic heterocycles. The van der Waals surface area contributed by atoms with Crippen LogP contribution in [0.1, 0.15) is 38.5 Å². The lowest BCUT2D eigenvalue weighted by Gasteiger charge is -2.20. The van der Waals surface area contributed by atoms with Gasteiger partial charge in [-0.15, -0.1) is 0 Å². The molecular formula is C18H22N4O2. The zero-order valence-corrected chi connectivity index (χ0v) is 13.9. The molecule has 2 unspecified atom stereocenters. The quantitative estimate of drug-likeness (QED) is 0.816. The number of hydrogen-bond acceptors (Lipinski definition) is 5. The van der Waals surface area contributed by atoms with E-state index in [1.807, 2.05) is 17.0 Å². The van der Waals surface area contributed by atoms with Crippen molar-refractivity contribution in [2.75, 3.05) is 13.1 Å². The normalized spacial score (nSPS) is 24.9. The largest absolute Gasteiger partial charge is 0.342 e. The summed E-state index contributed by atoms with van der Waals surface area (Å²) >= 11 is 0. The van der Waals surface area contributed by atoms with Crippen molar-refractivity contribution in [2.45, 2.75) is 39.0 Å². The highest BCUT2D eigenvalue weighted by atomic mass is 16.5. The summed E-state index contributed by atoms with van der Waals surface area (Å²) in [5.41, 5.74) is 1.30. The lowest BCUT2D eigenvalue weighted by Crippen LogP contribution is -2.31. The van der Waals surface area contributed by atoms with Crippen molar-refractivity contribution in [3.05, 3.63) is 30.4 Å². The average molecular weight is 326 g/mol. The molecule has 0 bridgehead atoms.